The number of carboxylic acid groups (broad SMARTS) is 2. The van der Waals surface area contributed by atoms with Gasteiger partial charge in [0.1, 0.15) is 12.1 Å². The maximum absolute atomic E-state index is 11.6. The van der Waals surface area contributed by atoms with E-state index >= 15 is 0 Å². The molecule has 0 fully saturated rings. The molecule has 9 heteroatoms. The molecule has 0 aliphatic rings. The first-order valence-corrected chi connectivity index (χ1v) is 6.57. The number of carboxylic acids is 2. The van der Waals surface area contributed by atoms with E-state index in [9.17, 15) is 19.2 Å². The van der Waals surface area contributed by atoms with Crippen LogP contribution in [0.5, 0.6) is 0 Å². The molecule has 0 radical (unpaired) electrons. The molecule has 21 heavy (non-hydrogen) atoms. The average Bonchev–Trinajstić information content (AvgIpc) is 2.39. The number of rotatable bonds is 9. The molecule has 0 aromatic heterocycles. The van der Waals surface area contributed by atoms with Crippen LogP contribution in [0.4, 0.5) is 4.79 Å². The average molecular weight is 303 g/mol. The summed E-state index contributed by atoms with van der Waals surface area (Å²) in [4.78, 5) is 44.4. The van der Waals surface area contributed by atoms with Gasteiger partial charge in [-0.2, -0.15) is 0 Å². The molecule has 0 heterocycles. The molecule has 0 spiro atoms. The van der Waals surface area contributed by atoms with Crippen LogP contribution in [0.25, 0.3) is 0 Å². The second-order valence-corrected chi connectivity index (χ2v) is 4.45. The predicted octanol–water partition coefficient (Wildman–Crippen LogP) is -0.482. The monoisotopic (exact) mass is 303 g/mol. The molecular formula is C12H21N3O6. The van der Waals surface area contributed by atoms with Crippen molar-refractivity contribution < 1.29 is 29.4 Å². The maximum atomic E-state index is 11.6. The summed E-state index contributed by atoms with van der Waals surface area (Å²) in [5.74, 6) is -2.88. The molecule has 0 rings (SSSR count). The van der Waals surface area contributed by atoms with Gasteiger partial charge in [0.2, 0.25) is 5.91 Å². The van der Waals surface area contributed by atoms with Crippen molar-refractivity contribution in [2.24, 2.45) is 0 Å². The van der Waals surface area contributed by atoms with E-state index in [1.165, 1.54) is 6.92 Å². The van der Waals surface area contributed by atoms with Crippen LogP contribution < -0.4 is 16.0 Å². The Kier molecular flexibility index (Phi) is 8.51. The number of carbonyl (C=O) groups excluding carboxylic acids is 2. The van der Waals surface area contributed by atoms with Crippen LogP contribution in [0.3, 0.4) is 0 Å². The molecule has 0 aromatic rings. The lowest BCUT2D eigenvalue weighted by Gasteiger charge is -2.17. The highest BCUT2D eigenvalue weighted by Crippen LogP contribution is 1.98. The summed E-state index contributed by atoms with van der Waals surface area (Å²) < 4.78 is 0. The standard InChI is InChI=1S/C12H21N3O6/c1-3-6-13-10(18)7(2)14-12(21)15-8(11(19)20)4-5-9(16)17/h7-8H,3-6H2,1-2H3,(H,13,18)(H,16,17)(H,19,20)(H2,14,15,21). The van der Waals surface area contributed by atoms with Crippen LogP contribution in [0.15, 0.2) is 0 Å². The van der Waals surface area contributed by atoms with Crippen LogP contribution in [0, 0.1) is 0 Å². The molecule has 2 atom stereocenters. The highest BCUT2D eigenvalue weighted by molar-refractivity contribution is 5.88. The lowest BCUT2D eigenvalue weighted by molar-refractivity contribution is -0.140. The zero-order valence-electron chi connectivity index (χ0n) is 12.0. The van der Waals surface area contributed by atoms with Crippen molar-refractivity contribution in [3.8, 4) is 0 Å². The van der Waals surface area contributed by atoms with Crippen LogP contribution in [0.2, 0.25) is 0 Å². The molecule has 0 bridgehead atoms. The van der Waals surface area contributed by atoms with E-state index < -0.39 is 30.1 Å². The Labute approximate surface area is 122 Å². The third-order valence-electron chi connectivity index (χ3n) is 2.54. The predicted molar refractivity (Wildman–Crippen MR) is 72.7 cm³/mol. The number of carbonyl (C=O) groups is 4. The lowest BCUT2D eigenvalue weighted by atomic mass is 10.1. The minimum absolute atomic E-state index is 0.242. The van der Waals surface area contributed by atoms with Gasteiger partial charge in [-0.05, 0) is 19.8 Å². The lowest BCUT2D eigenvalue weighted by Crippen LogP contribution is -2.52. The van der Waals surface area contributed by atoms with Gasteiger partial charge in [0, 0.05) is 13.0 Å². The summed E-state index contributed by atoms with van der Waals surface area (Å²) in [6.45, 7) is 3.81. The summed E-state index contributed by atoms with van der Waals surface area (Å²) in [5, 5.41) is 24.4. The van der Waals surface area contributed by atoms with E-state index in [2.05, 4.69) is 16.0 Å². The fraction of sp³-hybridized carbons (Fsp3) is 0.667. The van der Waals surface area contributed by atoms with Gasteiger partial charge in [-0.15, -0.1) is 0 Å². The largest absolute Gasteiger partial charge is 0.481 e. The smallest absolute Gasteiger partial charge is 0.326 e. The minimum Gasteiger partial charge on any atom is -0.481 e. The SMILES string of the molecule is CCCNC(=O)C(C)NC(=O)NC(CCC(=O)O)C(=O)O. The normalized spacial score (nSPS) is 12.9. The highest BCUT2D eigenvalue weighted by atomic mass is 16.4. The fourth-order valence-electron chi connectivity index (χ4n) is 1.39. The van der Waals surface area contributed by atoms with E-state index in [1.807, 2.05) is 6.92 Å². The first kappa shape index (κ1) is 18.7. The Morgan fingerprint density at radius 1 is 1.10 bits per heavy atom. The van der Waals surface area contributed by atoms with Gasteiger partial charge in [0.05, 0.1) is 0 Å². The second kappa shape index (κ2) is 9.56. The van der Waals surface area contributed by atoms with Gasteiger partial charge in [0.25, 0.3) is 0 Å². The number of amides is 3. The molecular weight excluding hydrogens is 282 g/mol. The first-order chi connectivity index (χ1) is 9.77. The zero-order valence-corrected chi connectivity index (χ0v) is 12.0. The molecule has 2 unspecified atom stereocenters. The van der Waals surface area contributed by atoms with Crippen molar-refractivity contribution >= 4 is 23.9 Å². The van der Waals surface area contributed by atoms with Crippen LogP contribution in [-0.2, 0) is 14.4 Å². The van der Waals surface area contributed by atoms with E-state index in [1.54, 1.807) is 0 Å². The van der Waals surface area contributed by atoms with E-state index in [0.29, 0.717) is 6.54 Å². The van der Waals surface area contributed by atoms with Gasteiger partial charge < -0.3 is 26.2 Å². The Balaban J connectivity index is 4.33. The fourth-order valence-corrected chi connectivity index (χ4v) is 1.39. The highest BCUT2D eigenvalue weighted by Gasteiger charge is 2.22. The Morgan fingerprint density at radius 3 is 2.19 bits per heavy atom. The van der Waals surface area contributed by atoms with Gasteiger partial charge in [-0.25, -0.2) is 9.59 Å². The molecule has 120 valence electrons. The van der Waals surface area contributed by atoms with E-state index in [4.69, 9.17) is 10.2 Å². The quantitative estimate of drug-likeness (QED) is 0.389. The van der Waals surface area contributed by atoms with Crippen molar-refractivity contribution in [3.05, 3.63) is 0 Å². The van der Waals surface area contributed by atoms with Crippen LogP contribution in [0.1, 0.15) is 33.1 Å². The minimum atomic E-state index is -1.34. The van der Waals surface area contributed by atoms with Crippen molar-refractivity contribution in [2.75, 3.05) is 6.54 Å². The molecule has 0 aromatic carbocycles. The zero-order chi connectivity index (χ0) is 16.4. The third kappa shape index (κ3) is 8.45. The van der Waals surface area contributed by atoms with Crippen molar-refractivity contribution in [1.82, 2.24) is 16.0 Å². The number of aliphatic carboxylic acids is 2. The van der Waals surface area contributed by atoms with Gasteiger partial charge >= 0.3 is 18.0 Å². The first-order valence-electron chi connectivity index (χ1n) is 6.57. The number of nitrogens with one attached hydrogen (secondary N) is 3. The van der Waals surface area contributed by atoms with Crippen molar-refractivity contribution in [1.29, 1.82) is 0 Å². The van der Waals surface area contributed by atoms with Crippen LogP contribution in [-0.4, -0.2) is 52.7 Å². The van der Waals surface area contributed by atoms with Crippen molar-refractivity contribution in [3.63, 3.8) is 0 Å². The Bertz CT molecular complexity index is 398. The molecule has 0 saturated carbocycles. The maximum Gasteiger partial charge on any atom is 0.326 e. The second-order valence-electron chi connectivity index (χ2n) is 4.45. The van der Waals surface area contributed by atoms with E-state index in [0.717, 1.165) is 6.42 Å². The number of hydrogen-bond acceptors (Lipinski definition) is 4. The summed E-state index contributed by atoms with van der Waals surface area (Å²) in [6.07, 6.45) is 0.124. The number of hydrogen-bond donors (Lipinski definition) is 5. The van der Waals surface area contributed by atoms with Crippen molar-refractivity contribution in [2.45, 2.75) is 45.2 Å². The Hall–Kier alpha value is -2.32. The third-order valence-corrected chi connectivity index (χ3v) is 2.54. The van der Waals surface area contributed by atoms with Crippen LogP contribution >= 0.6 is 0 Å². The molecule has 0 aliphatic heterocycles. The van der Waals surface area contributed by atoms with E-state index in [-0.39, 0.29) is 18.7 Å². The van der Waals surface area contributed by atoms with Gasteiger partial charge in [-0.3, -0.25) is 9.59 Å². The molecule has 5 N–H and O–H groups in total. The molecule has 0 saturated heterocycles. The van der Waals surface area contributed by atoms with Gasteiger partial charge in [0.15, 0.2) is 0 Å². The summed E-state index contributed by atoms with van der Waals surface area (Å²) in [7, 11) is 0. The molecule has 9 nitrogen and oxygen atoms in total. The summed E-state index contributed by atoms with van der Waals surface area (Å²) >= 11 is 0. The Morgan fingerprint density at radius 2 is 1.71 bits per heavy atom. The topological polar surface area (TPSA) is 145 Å². The molecule has 3 amide bonds. The summed E-state index contributed by atoms with van der Waals surface area (Å²) in [6, 6.07) is -3.00. The molecule has 0 aliphatic carbocycles. The number of urea groups is 1. The summed E-state index contributed by atoms with van der Waals surface area (Å²) in [5.41, 5.74) is 0. The van der Waals surface area contributed by atoms with Gasteiger partial charge in [-0.1, -0.05) is 6.92 Å².